The lowest BCUT2D eigenvalue weighted by Gasteiger charge is -2.34. The quantitative estimate of drug-likeness (QED) is 0.583. The van der Waals surface area contributed by atoms with Gasteiger partial charge in [0.25, 0.3) is 0 Å². The Balaban J connectivity index is 2.60. The molecule has 1 aliphatic rings. The first-order chi connectivity index (χ1) is 9.95. The topological polar surface area (TPSA) is 20.1 Å². The summed E-state index contributed by atoms with van der Waals surface area (Å²) in [4.78, 5) is 16.1. The van der Waals surface area contributed by atoms with E-state index >= 15 is 0 Å². The standard InChI is InChI=1S/C18H31NOSi2/c1-14(2)19-16(15-12-10-9-11-13-15)18(19,22(6,7)8)17(20)21(3,4)5/h9-14,16H,1-8H3/t16-,18+,19?/m0/s1. The fraction of sp³-hybridized carbons (Fsp3) is 0.611. The van der Waals surface area contributed by atoms with Gasteiger partial charge in [0, 0.05) is 6.04 Å². The van der Waals surface area contributed by atoms with Crippen molar-refractivity contribution < 1.29 is 4.79 Å². The van der Waals surface area contributed by atoms with Gasteiger partial charge in [-0.2, -0.15) is 0 Å². The molecule has 1 aromatic carbocycles. The van der Waals surface area contributed by atoms with Crippen molar-refractivity contribution >= 4 is 21.6 Å². The van der Waals surface area contributed by atoms with E-state index in [1.165, 1.54) is 5.56 Å². The molecule has 1 heterocycles. The summed E-state index contributed by atoms with van der Waals surface area (Å²) in [5.41, 5.74) is 1.31. The number of hydrogen-bond donors (Lipinski definition) is 0. The predicted molar refractivity (Wildman–Crippen MR) is 101 cm³/mol. The van der Waals surface area contributed by atoms with Gasteiger partial charge in [-0.25, -0.2) is 0 Å². The van der Waals surface area contributed by atoms with Gasteiger partial charge < -0.3 is 4.79 Å². The molecule has 0 aromatic heterocycles. The smallest absolute Gasteiger partial charge is 0.129 e. The van der Waals surface area contributed by atoms with Crippen LogP contribution < -0.4 is 0 Å². The summed E-state index contributed by atoms with van der Waals surface area (Å²) >= 11 is 0. The zero-order valence-corrected chi connectivity index (χ0v) is 17.4. The molecule has 1 aliphatic heterocycles. The normalized spacial score (nSPS) is 28.8. The highest BCUT2D eigenvalue weighted by Crippen LogP contribution is 2.60. The van der Waals surface area contributed by atoms with Crippen LogP contribution in [0.25, 0.3) is 0 Å². The number of benzene rings is 1. The number of hydrogen-bond acceptors (Lipinski definition) is 2. The molecule has 0 radical (unpaired) electrons. The van der Waals surface area contributed by atoms with E-state index in [0.29, 0.717) is 11.4 Å². The molecule has 0 spiro atoms. The molecule has 0 aliphatic carbocycles. The fourth-order valence-electron chi connectivity index (χ4n) is 4.01. The zero-order chi connectivity index (χ0) is 16.9. The van der Waals surface area contributed by atoms with Crippen molar-refractivity contribution in [3.8, 4) is 0 Å². The molecule has 2 rings (SSSR count). The third kappa shape index (κ3) is 2.55. The van der Waals surface area contributed by atoms with E-state index in [9.17, 15) is 4.79 Å². The van der Waals surface area contributed by atoms with Gasteiger partial charge >= 0.3 is 0 Å². The van der Waals surface area contributed by atoms with Crippen molar-refractivity contribution in [3.05, 3.63) is 35.9 Å². The van der Waals surface area contributed by atoms with Gasteiger partial charge in [-0.1, -0.05) is 69.6 Å². The highest BCUT2D eigenvalue weighted by atomic mass is 28.3. The summed E-state index contributed by atoms with van der Waals surface area (Å²) in [7, 11) is -3.56. The lowest BCUT2D eigenvalue weighted by atomic mass is 10.1. The maximum absolute atomic E-state index is 13.5. The number of nitrogens with zero attached hydrogens (tertiary/aromatic N) is 1. The van der Waals surface area contributed by atoms with Gasteiger partial charge in [0.15, 0.2) is 0 Å². The lowest BCUT2D eigenvalue weighted by Crippen LogP contribution is -2.59. The molecule has 122 valence electrons. The molecular formula is C18H31NOSi2. The van der Waals surface area contributed by atoms with Gasteiger partial charge in [-0.05, 0) is 19.4 Å². The minimum Gasteiger partial charge on any atom is -0.304 e. The van der Waals surface area contributed by atoms with Gasteiger partial charge in [-0.15, -0.1) is 0 Å². The predicted octanol–water partition coefficient (Wildman–Crippen LogP) is 4.51. The highest BCUT2D eigenvalue weighted by molar-refractivity contribution is 7.08. The van der Waals surface area contributed by atoms with Crippen LogP contribution in [0.5, 0.6) is 0 Å². The molecule has 1 unspecified atom stereocenters. The molecule has 3 atom stereocenters. The molecule has 0 saturated carbocycles. The largest absolute Gasteiger partial charge is 0.304 e. The van der Waals surface area contributed by atoms with E-state index in [4.69, 9.17) is 0 Å². The van der Waals surface area contributed by atoms with Gasteiger partial charge in [0.2, 0.25) is 0 Å². The maximum atomic E-state index is 13.5. The molecule has 0 amide bonds. The van der Waals surface area contributed by atoms with Crippen LogP contribution >= 0.6 is 0 Å². The molecule has 1 aromatic rings. The summed E-state index contributed by atoms with van der Waals surface area (Å²) in [5.74, 6) is 0. The van der Waals surface area contributed by atoms with Gasteiger partial charge in [0.05, 0.1) is 19.3 Å². The molecule has 22 heavy (non-hydrogen) atoms. The first-order valence-corrected chi connectivity index (χ1v) is 15.3. The van der Waals surface area contributed by atoms with Gasteiger partial charge in [-0.3, -0.25) is 4.90 Å². The maximum Gasteiger partial charge on any atom is 0.129 e. The van der Waals surface area contributed by atoms with Crippen LogP contribution in [0.15, 0.2) is 30.3 Å². The van der Waals surface area contributed by atoms with E-state index in [1.54, 1.807) is 0 Å². The minimum absolute atomic E-state index is 0.215. The summed E-state index contributed by atoms with van der Waals surface area (Å²) in [6.45, 7) is 18.2. The molecule has 1 fully saturated rings. The summed E-state index contributed by atoms with van der Waals surface area (Å²) in [6.07, 6.45) is 0. The summed E-state index contributed by atoms with van der Waals surface area (Å²) < 4.78 is 0. The second-order valence-corrected chi connectivity index (χ2v) is 19.1. The Morgan fingerprint density at radius 3 is 1.91 bits per heavy atom. The van der Waals surface area contributed by atoms with E-state index < -0.39 is 16.1 Å². The van der Waals surface area contributed by atoms with E-state index in [-0.39, 0.29) is 11.2 Å². The van der Waals surface area contributed by atoms with Crippen molar-refractivity contribution in [1.82, 2.24) is 4.90 Å². The Labute approximate surface area is 137 Å². The monoisotopic (exact) mass is 333 g/mol. The SMILES string of the molecule is CC(C)N1[C@@H](c2ccccc2)[C@]1(C(=O)[Si](C)(C)C)[Si](C)(C)C. The van der Waals surface area contributed by atoms with Crippen molar-refractivity contribution in [1.29, 1.82) is 0 Å². The van der Waals surface area contributed by atoms with Gasteiger partial charge in [0.1, 0.15) is 13.5 Å². The Hall–Kier alpha value is -0.716. The lowest BCUT2D eigenvalue weighted by molar-refractivity contribution is -0.114. The number of rotatable bonds is 5. The van der Waals surface area contributed by atoms with Crippen LogP contribution in [-0.4, -0.2) is 37.7 Å². The zero-order valence-electron chi connectivity index (χ0n) is 15.4. The molecule has 0 bridgehead atoms. The Morgan fingerprint density at radius 2 is 1.55 bits per heavy atom. The third-order valence-electron chi connectivity index (χ3n) is 4.86. The molecular weight excluding hydrogens is 302 g/mol. The average molecular weight is 334 g/mol. The van der Waals surface area contributed by atoms with Crippen LogP contribution in [0, 0.1) is 0 Å². The number of carbonyl (C=O) groups excluding carboxylic acids is 1. The fourth-order valence-corrected chi connectivity index (χ4v) is 10.6. The summed E-state index contributed by atoms with van der Waals surface area (Å²) in [6, 6.07) is 11.3. The first kappa shape index (κ1) is 17.6. The second-order valence-electron chi connectivity index (χ2n) is 8.91. The minimum atomic E-state index is -1.85. The van der Waals surface area contributed by atoms with E-state index in [1.807, 2.05) is 0 Å². The Bertz CT molecular complexity index is 557. The molecule has 2 nitrogen and oxygen atoms in total. The number of carbonyl (C=O) groups is 1. The van der Waals surface area contributed by atoms with Crippen molar-refractivity contribution in [2.45, 2.75) is 70.4 Å². The van der Waals surface area contributed by atoms with Crippen molar-refractivity contribution in [2.24, 2.45) is 0 Å². The first-order valence-electron chi connectivity index (χ1n) is 8.34. The van der Waals surface area contributed by atoms with Crippen LogP contribution in [0.4, 0.5) is 0 Å². The Kier molecular flexibility index (Phi) is 4.35. The third-order valence-corrected chi connectivity index (χ3v) is 9.89. The van der Waals surface area contributed by atoms with Crippen LogP contribution in [-0.2, 0) is 4.79 Å². The van der Waals surface area contributed by atoms with Crippen molar-refractivity contribution in [3.63, 3.8) is 0 Å². The average Bonchev–Trinajstić information content (AvgIpc) is 3.08. The second kappa shape index (κ2) is 5.43. The van der Waals surface area contributed by atoms with Crippen LogP contribution in [0.3, 0.4) is 0 Å². The Morgan fingerprint density at radius 1 is 1.05 bits per heavy atom. The van der Waals surface area contributed by atoms with E-state index in [0.717, 1.165) is 0 Å². The molecule has 0 N–H and O–H groups in total. The van der Waals surface area contributed by atoms with Crippen LogP contribution in [0.2, 0.25) is 39.3 Å². The molecule has 4 heteroatoms. The summed E-state index contributed by atoms with van der Waals surface area (Å²) in [5, 5.41) is 0.342. The molecule has 1 saturated heterocycles. The van der Waals surface area contributed by atoms with Crippen molar-refractivity contribution in [2.75, 3.05) is 0 Å². The highest BCUT2D eigenvalue weighted by Gasteiger charge is 2.74. The van der Waals surface area contributed by atoms with E-state index in [2.05, 4.69) is 88.4 Å². The van der Waals surface area contributed by atoms with Crippen LogP contribution in [0.1, 0.15) is 25.5 Å².